The Bertz CT molecular complexity index is 651. The van der Waals surface area contributed by atoms with E-state index in [2.05, 4.69) is 46.0 Å². The summed E-state index contributed by atoms with van der Waals surface area (Å²) in [4.78, 5) is 11.8. The third kappa shape index (κ3) is 1.80. The zero-order valence-electron chi connectivity index (χ0n) is 9.81. The van der Waals surface area contributed by atoms with Crippen LogP contribution in [0.3, 0.4) is 0 Å². The Kier molecular flexibility index (Phi) is 2.18. The summed E-state index contributed by atoms with van der Waals surface area (Å²) in [6.07, 6.45) is 3.21. The number of imidazole rings is 1. The van der Waals surface area contributed by atoms with E-state index in [0.717, 1.165) is 16.9 Å². The molecule has 3 rings (SSSR count). The average Bonchev–Trinajstić information content (AvgIpc) is 2.87. The molecule has 86 valence electrons. The van der Waals surface area contributed by atoms with Crippen molar-refractivity contribution in [3.63, 3.8) is 0 Å². The number of nitrogens with one attached hydrogen (secondary N) is 1. The minimum atomic E-state index is 0.618. The number of hydrogen-bond donors (Lipinski definition) is 1. The highest BCUT2D eigenvalue weighted by Crippen LogP contribution is 2.18. The molecule has 0 aliphatic heterocycles. The molecule has 0 atom stereocenters. The first kappa shape index (κ1) is 10.0. The van der Waals surface area contributed by atoms with E-state index < -0.39 is 0 Å². The Morgan fingerprint density at radius 1 is 1.29 bits per heavy atom. The van der Waals surface area contributed by atoms with Gasteiger partial charge in [0.25, 0.3) is 0 Å². The van der Waals surface area contributed by atoms with Crippen LogP contribution in [0.15, 0.2) is 24.8 Å². The first-order chi connectivity index (χ1) is 8.22. The normalized spacial score (nSPS) is 11.2. The highest BCUT2D eigenvalue weighted by molar-refractivity contribution is 5.79. The maximum absolute atomic E-state index is 4.58. The Labute approximate surface area is 98.5 Å². The zero-order valence-corrected chi connectivity index (χ0v) is 9.81. The molecule has 0 fully saturated rings. The summed E-state index contributed by atoms with van der Waals surface area (Å²) in [5, 5.41) is 4.07. The molecule has 0 radical (unpaired) electrons. The van der Waals surface area contributed by atoms with Crippen LogP contribution in [-0.4, -0.2) is 24.7 Å². The summed E-state index contributed by atoms with van der Waals surface area (Å²) in [7, 11) is 0. The molecule has 1 aromatic carbocycles. The molecule has 0 bridgehead atoms. The van der Waals surface area contributed by atoms with Gasteiger partial charge in [0.1, 0.15) is 25.0 Å². The van der Waals surface area contributed by atoms with Crippen molar-refractivity contribution < 1.29 is 0 Å². The molecule has 3 aromatic rings. The largest absolute Gasteiger partial charge is 0.340 e. The van der Waals surface area contributed by atoms with Crippen LogP contribution in [0.1, 0.15) is 17.0 Å². The van der Waals surface area contributed by atoms with Gasteiger partial charge in [-0.05, 0) is 31.0 Å². The van der Waals surface area contributed by atoms with Gasteiger partial charge < -0.3 is 4.98 Å². The van der Waals surface area contributed by atoms with E-state index in [1.54, 1.807) is 11.0 Å². The van der Waals surface area contributed by atoms with Crippen LogP contribution in [0.5, 0.6) is 0 Å². The molecule has 0 saturated carbocycles. The van der Waals surface area contributed by atoms with Gasteiger partial charge in [-0.25, -0.2) is 14.6 Å². The molecule has 0 aliphatic carbocycles. The number of aromatic amines is 1. The smallest absolute Gasteiger partial charge is 0.137 e. The van der Waals surface area contributed by atoms with E-state index >= 15 is 0 Å². The van der Waals surface area contributed by atoms with Crippen LogP contribution in [0.4, 0.5) is 0 Å². The van der Waals surface area contributed by atoms with Gasteiger partial charge in [0.15, 0.2) is 0 Å². The predicted octanol–water partition coefficient (Wildman–Crippen LogP) is 1.82. The lowest BCUT2D eigenvalue weighted by molar-refractivity contribution is 0.661. The van der Waals surface area contributed by atoms with Gasteiger partial charge >= 0.3 is 0 Å². The molecule has 0 saturated heterocycles. The van der Waals surface area contributed by atoms with Gasteiger partial charge in [-0.2, -0.15) is 5.10 Å². The molecule has 0 unspecified atom stereocenters. The van der Waals surface area contributed by atoms with E-state index in [0.29, 0.717) is 6.54 Å². The standard InChI is InChI=1S/C12H13N5/c1-8-3-9(2)12-10(4-8)15-11(16-12)5-17-7-13-6-14-17/h3-4,6-7H,5H2,1-2H3,(H,15,16). The molecule has 17 heavy (non-hydrogen) atoms. The summed E-state index contributed by atoms with van der Waals surface area (Å²) in [5.41, 5.74) is 4.55. The summed E-state index contributed by atoms with van der Waals surface area (Å²) >= 11 is 0. The minimum absolute atomic E-state index is 0.618. The monoisotopic (exact) mass is 227 g/mol. The third-order valence-corrected chi connectivity index (χ3v) is 2.75. The SMILES string of the molecule is Cc1cc(C)c2nc(Cn3cncn3)[nH]c2c1. The van der Waals surface area contributed by atoms with Crippen LogP contribution >= 0.6 is 0 Å². The van der Waals surface area contributed by atoms with Crippen molar-refractivity contribution in [2.45, 2.75) is 20.4 Å². The summed E-state index contributed by atoms with van der Waals surface area (Å²) in [5.74, 6) is 0.902. The molecule has 2 aromatic heterocycles. The second-order valence-corrected chi connectivity index (χ2v) is 4.25. The molecule has 0 spiro atoms. The number of aryl methyl sites for hydroxylation is 2. The fraction of sp³-hybridized carbons (Fsp3) is 0.250. The number of hydrogen-bond acceptors (Lipinski definition) is 3. The third-order valence-electron chi connectivity index (χ3n) is 2.75. The van der Waals surface area contributed by atoms with Crippen LogP contribution in [0, 0.1) is 13.8 Å². The van der Waals surface area contributed by atoms with Crippen molar-refractivity contribution in [1.29, 1.82) is 0 Å². The number of rotatable bonds is 2. The van der Waals surface area contributed by atoms with Crippen LogP contribution in [0.25, 0.3) is 11.0 Å². The first-order valence-corrected chi connectivity index (χ1v) is 5.50. The number of fused-ring (bicyclic) bond motifs is 1. The summed E-state index contributed by atoms with van der Waals surface area (Å²) in [6, 6.07) is 4.25. The van der Waals surface area contributed by atoms with Gasteiger partial charge in [-0.3, -0.25) is 0 Å². The minimum Gasteiger partial charge on any atom is -0.340 e. The van der Waals surface area contributed by atoms with Crippen LogP contribution < -0.4 is 0 Å². The lowest BCUT2D eigenvalue weighted by atomic mass is 10.1. The quantitative estimate of drug-likeness (QED) is 0.726. The second kappa shape index (κ2) is 3.69. The first-order valence-electron chi connectivity index (χ1n) is 5.50. The van der Waals surface area contributed by atoms with Crippen molar-refractivity contribution in [3.05, 3.63) is 41.7 Å². The van der Waals surface area contributed by atoms with E-state index in [1.165, 1.54) is 17.5 Å². The molecule has 5 heteroatoms. The number of aromatic nitrogens is 5. The van der Waals surface area contributed by atoms with Crippen molar-refractivity contribution in [2.24, 2.45) is 0 Å². The molecule has 1 N–H and O–H groups in total. The second-order valence-electron chi connectivity index (χ2n) is 4.25. The molecule has 0 amide bonds. The summed E-state index contributed by atoms with van der Waals surface area (Å²) in [6.45, 7) is 4.78. The molecular formula is C12H13N5. The van der Waals surface area contributed by atoms with Gasteiger partial charge in [0.2, 0.25) is 0 Å². The van der Waals surface area contributed by atoms with Gasteiger partial charge in [0, 0.05) is 0 Å². The maximum Gasteiger partial charge on any atom is 0.137 e. The highest BCUT2D eigenvalue weighted by atomic mass is 15.3. The van der Waals surface area contributed by atoms with Gasteiger partial charge in [-0.15, -0.1) is 0 Å². The van der Waals surface area contributed by atoms with Crippen molar-refractivity contribution in [3.8, 4) is 0 Å². The van der Waals surface area contributed by atoms with Crippen molar-refractivity contribution in [1.82, 2.24) is 24.7 Å². The average molecular weight is 227 g/mol. The van der Waals surface area contributed by atoms with E-state index in [4.69, 9.17) is 0 Å². The Morgan fingerprint density at radius 2 is 2.18 bits per heavy atom. The molecule has 2 heterocycles. The lowest BCUT2D eigenvalue weighted by Crippen LogP contribution is -2.01. The lowest BCUT2D eigenvalue weighted by Gasteiger charge is -1.96. The summed E-state index contributed by atoms with van der Waals surface area (Å²) < 4.78 is 1.75. The maximum atomic E-state index is 4.58. The number of benzene rings is 1. The topological polar surface area (TPSA) is 59.4 Å². The van der Waals surface area contributed by atoms with E-state index in [1.807, 2.05) is 0 Å². The number of H-pyrrole nitrogens is 1. The Morgan fingerprint density at radius 3 is 2.94 bits per heavy atom. The molecule has 0 aliphatic rings. The van der Waals surface area contributed by atoms with Crippen LogP contribution in [0.2, 0.25) is 0 Å². The van der Waals surface area contributed by atoms with E-state index in [9.17, 15) is 0 Å². The Hall–Kier alpha value is -2.17. The van der Waals surface area contributed by atoms with Crippen LogP contribution in [-0.2, 0) is 6.54 Å². The number of nitrogens with zero attached hydrogens (tertiary/aromatic N) is 4. The predicted molar refractivity (Wildman–Crippen MR) is 64.7 cm³/mol. The fourth-order valence-corrected chi connectivity index (χ4v) is 2.06. The van der Waals surface area contributed by atoms with Gasteiger partial charge in [-0.1, -0.05) is 6.07 Å². The highest BCUT2D eigenvalue weighted by Gasteiger charge is 2.06. The van der Waals surface area contributed by atoms with Gasteiger partial charge in [0.05, 0.1) is 11.0 Å². The zero-order chi connectivity index (χ0) is 11.8. The molecular weight excluding hydrogens is 214 g/mol. The van der Waals surface area contributed by atoms with E-state index in [-0.39, 0.29) is 0 Å². The Balaban J connectivity index is 2.05. The van der Waals surface area contributed by atoms with Crippen molar-refractivity contribution >= 4 is 11.0 Å². The van der Waals surface area contributed by atoms with Crippen molar-refractivity contribution in [2.75, 3.05) is 0 Å². The molecule has 5 nitrogen and oxygen atoms in total. The fourth-order valence-electron chi connectivity index (χ4n) is 2.06.